The van der Waals surface area contributed by atoms with E-state index in [1.54, 1.807) is 10.9 Å². The van der Waals surface area contributed by atoms with Crippen molar-refractivity contribution in [1.29, 1.82) is 0 Å². The van der Waals surface area contributed by atoms with Crippen molar-refractivity contribution in [2.45, 2.75) is 32.5 Å². The van der Waals surface area contributed by atoms with Gasteiger partial charge in [0.1, 0.15) is 12.4 Å². The molecule has 0 saturated carbocycles. The molecular formula is C10H17N5O4. The third-order valence-corrected chi connectivity index (χ3v) is 2.46. The molecule has 1 aromatic heterocycles. The number of aliphatic hydroxyl groups excluding tert-OH is 1. The summed E-state index contributed by atoms with van der Waals surface area (Å²) < 4.78 is 1.75. The number of carboxylic acids is 1. The van der Waals surface area contributed by atoms with Gasteiger partial charge in [0, 0.05) is 19.6 Å². The molecule has 1 rings (SSSR count). The topological polar surface area (TPSA) is 129 Å². The molecule has 0 fully saturated rings. The number of nitrogens with one attached hydrogen (secondary N) is 2. The molecule has 1 atom stereocenters. The van der Waals surface area contributed by atoms with Crippen LogP contribution in [0.1, 0.15) is 19.2 Å². The molecule has 0 bridgehead atoms. The van der Waals surface area contributed by atoms with E-state index in [2.05, 4.69) is 20.8 Å². The van der Waals surface area contributed by atoms with Crippen LogP contribution in [-0.4, -0.2) is 49.6 Å². The van der Waals surface area contributed by atoms with Gasteiger partial charge in [-0.05, 0) is 6.92 Å². The van der Waals surface area contributed by atoms with E-state index < -0.39 is 18.0 Å². The first-order chi connectivity index (χ1) is 9.08. The maximum atomic E-state index is 11.5. The zero-order valence-electron chi connectivity index (χ0n) is 10.5. The first kappa shape index (κ1) is 14.9. The van der Waals surface area contributed by atoms with E-state index >= 15 is 0 Å². The Bertz CT molecular complexity index is 433. The predicted molar refractivity (Wildman–Crippen MR) is 64.2 cm³/mol. The SMILES string of the molecule is CCn1cnnc1CNC(=O)N[C@H](CCO)C(=O)O. The largest absolute Gasteiger partial charge is 0.480 e. The lowest BCUT2D eigenvalue weighted by molar-refractivity contribution is -0.139. The number of aromatic nitrogens is 3. The number of carbonyl (C=O) groups excluding carboxylic acids is 1. The Balaban J connectivity index is 2.44. The Hall–Kier alpha value is -2.16. The van der Waals surface area contributed by atoms with Crippen molar-refractivity contribution in [2.75, 3.05) is 6.61 Å². The van der Waals surface area contributed by atoms with E-state index in [9.17, 15) is 9.59 Å². The van der Waals surface area contributed by atoms with Crippen LogP contribution in [0.4, 0.5) is 4.79 Å². The highest BCUT2D eigenvalue weighted by Gasteiger charge is 2.19. The number of aliphatic hydroxyl groups is 1. The number of rotatable bonds is 7. The van der Waals surface area contributed by atoms with E-state index in [1.807, 2.05) is 6.92 Å². The second-order valence-electron chi connectivity index (χ2n) is 3.76. The van der Waals surface area contributed by atoms with Gasteiger partial charge in [-0.25, -0.2) is 9.59 Å². The molecule has 0 unspecified atom stereocenters. The molecule has 106 valence electrons. The fraction of sp³-hybridized carbons (Fsp3) is 0.600. The van der Waals surface area contributed by atoms with Crippen molar-refractivity contribution in [2.24, 2.45) is 0 Å². The molecule has 0 radical (unpaired) electrons. The van der Waals surface area contributed by atoms with Gasteiger partial charge in [0.25, 0.3) is 0 Å². The number of hydrogen-bond acceptors (Lipinski definition) is 5. The molecule has 2 amide bonds. The van der Waals surface area contributed by atoms with Crippen LogP contribution in [0.2, 0.25) is 0 Å². The second kappa shape index (κ2) is 7.31. The molecule has 9 nitrogen and oxygen atoms in total. The zero-order valence-corrected chi connectivity index (χ0v) is 10.5. The van der Waals surface area contributed by atoms with Gasteiger partial charge in [0.05, 0.1) is 6.54 Å². The van der Waals surface area contributed by atoms with E-state index in [-0.39, 0.29) is 19.6 Å². The predicted octanol–water partition coefficient (Wildman–Crippen LogP) is -1.07. The molecule has 0 aromatic carbocycles. The van der Waals surface area contributed by atoms with Gasteiger partial charge in [-0.15, -0.1) is 10.2 Å². The molecule has 1 aromatic rings. The summed E-state index contributed by atoms with van der Waals surface area (Å²) in [5.74, 6) is -0.618. The van der Waals surface area contributed by atoms with Crippen LogP contribution >= 0.6 is 0 Å². The molecule has 0 saturated heterocycles. The molecular weight excluding hydrogens is 254 g/mol. The molecule has 0 aliphatic heterocycles. The van der Waals surface area contributed by atoms with Gasteiger partial charge in [-0.2, -0.15) is 0 Å². The number of aliphatic carboxylic acids is 1. The van der Waals surface area contributed by atoms with Crippen molar-refractivity contribution >= 4 is 12.0 Å². The van der Waals surface area contributed by atoms with Crippen LogP contribution in [0.15, 0.2) is 6.33 Å². The minimum atomic E-state index is -1.19. The monoisotopic (exact) mass is 271 g/mol. The average Bonchev–Trinajstić information content (AvgIpc) is 2.83. The van der Waals surface area contributed by atoms with Crippen LogP contribution in [-0.2, 0) is 17.9 Å². The fourth-order valence-corrected chi connectivity index (χ4v) is 1.44. The zero-order chi connectivity index (χ0) is 14.3. The van der Waals surface area contributed by atoms with Crippen molar-refractivity contribution in [3.63, 3.8) is 0 Å². The van der Waals surface area contributed by atoms with E-state index in [4.69, 9.17) is 10.2 Å². The number of amides is 2. The third-order valence-electron chi connectivity index (χ3n) is 2.46. The third kappa shape index (κ3) is 4.54. The van der Waals surface area contributed by atoms with E-state index in [0.717, 1.165) is 0 Å². The summed E-state index contributed by atoms with van der Waals surface area (Å²) >= 11 is 0. The molecule has 19 heavy (non-hydrogen) atoms. The van der Waals surface area contributed by atoms with Gasteiger partial charge in [0.15, 0.2) is 5.82 Å². The number of carboxylic acid groups (broad SMARTS) is 1. The number of carbonyl (C=O) groups is 2. The van der Waals surface area contributed by atoms with Crippen molar-refractivity contribution in [1.82, 2.24) is 25.4 Å². The minimum Gasteiger partial charge on any atom is -0.480 e. The summed E-state index contributed by atoms with van der Waals surface area (Å²) in [7, 11) is 0. The van der Waals surface area contributed by atoms with Gasteiger partial charge in [-0.3, -0.25) is 0 Å². The molecule has 0 aliphatic rings. The smallest absolute Gasteiger partial charge is 0.326 e. The van der Waals surface area contributed by atoms with Crippen LogP contribution in [0.3, 0.4) is 0 Å². The summed E-state index contributed by atoms with van der Waals surface area (Å²) in [6.07, 6.45) is 1.49. The van der Waals surface area contributed by atoms with Crippen molar-refractivity contribution in [3.8, 4) is 0 Å². The lowest BCUT2D eigenvalue weighted by Crippen LogP contribution is -2.46. The highest BCUT2D eigenvalue weighted by molar-refractivity contribution is 5.82. The highest BCUT2D eigenvalue weighted by Crippen LogP contribution is 1.95. The van der Waals surface area contributed by atoms with Crippen LogP contribution in [0.5, 0.6) is 0 Å². The van der Waals surface area contributed by atoms with Crippen LogP contribution in [0, 0.1) is 0 Å². The molecule has 0 spiro atoms. The Labute approximate surface area is 109 Å². The molecule has 0 aliphatic carbocycles. The van der Waals surface area contributed by atoms with Gasteiger partial charge in [-0.1, -0.05) is 0 Å². The molecule has 9 heteroatoms. The normalized spacial score (nSPS) is 11.9. The first-order valence-electron chi connectivity index (χ1n) is 5.83. The quantitative estimate of drug-likeness (QED) is 0.500. The van der Waals surface area contributed by atoms with Crippen molar-refractivity contribution in [3.05, 3.63) is 12.2 Å². The highest BCUT2D eigenvalue weighted by atomic mass is 16.4. The van der Waals surface area contributed by atoms with Crippen LogP contribution in [0.25, 0.3) is 0 Å². The first-order valence-corrected chi connectivity index (χ1v) is 5.83. The van der Waals surface area contributed by atoms with Gasteiger partial charge in [0.2, 0.25) is 0 Å². The number of aryl methyl sites for hydroxylation is 1. The minimum absolute atomic E-state index is 0.0477. The number of nitrogens with zero attached hydrogens (tertiary/aromatic N) is 3. The average molecular weight is 271 g/mol. The van der Waals surface area contributed by atoms with Gasteiger partial charge >= 0.3 is 12.0 Å². The fourth-order valence-electron chi connectivity index (χ4n) is 1.44. The Morgan fingerprint density at radius 1 is 1.53 bits per heavy atom. The Morgan fingerprint density at radius 2 is 2.26 bits per heavy atom. The maximum Gasteiger partial charge on any atom is 0.326 e. The van der Waals surface area contributed by atoms with Crippen LogP contribution < -0.4 is 10.6 Å². The molecule has 4 N–H and O–H groups in total. The Kier molecular flexibility index (Phi) is 5.73. The standard InChI is InChI=1S/C10H17N5O4/c1-2-15-6-12-14-8(15)5-11-10(19)13-7(3-4-16)9(17)18/h6-7,16H,2-5H2,1H3,(H,17,18)(H2,11,13,19)/t7-/m1/s1. The maximum absolute atomic E-state index is 11.5. The lowest BCUT2D eigenvalue weighted by Gasteiger charge is -2.13. The van der Waals surface area contributed by atoms with E-state index in [0.29, 0.717) is 12.4 Å². The number of urea groups is 1. The molecule has 1 heterocycles. The van der Waals surface area contributed by atoms with Crippen molar-refractivity contribution < 1.29 is 19.8 Å². The summed E-state index contributed by atoms with van der Waals surface area (Å²) in [6, 6.07) is -1.75. The van der Waals surface area contributed by atoms with E-state index in [1.165, 1.54) is 0 Å². The summed E-state index contributed by atoms with van der Waals surface area (Å²) in [4.78, 5) is 22.3. The lowest BCUT2D eigenvalue weighted by atomic mass is 10.2. The summed E-state index contributed by atoms with van der Waals surface area (Å²) in [5, 5.41) is 29.8. The van der Waals surface area contributed by atoms with Gasteiger partial charge < -0.3 is 25.4 Å². The summed E-state index contributed by atoms with van der Waals surface area (Å²) in [6.45, 7) is 2.41. The Morgan fingerprint density at radius 3 is 2.84 bits per heavy atom. The summed E-state index contributed by atoms with van der Waals surface area (Å²) in [5.41, 5.74) is 0. The number of hydrogen-bond donors (Lipinski definition) is 4. The second-order valence-corrected chi connectivity index (χ2v) is 3.76.